The molecule has 0 aliphatic carbocycles. The number of hydrogen-bond acceptors (Lipinski definition) is 2. The Morgan fingerprint density at radius 2 is 1.20 bits per heavy atom. The van der Waals surface area contributed by atoms with Crippen LogP contribution in [0.5, 0.6) is 0 Å². The second kappa shape index (κ2) is 5.95. The summed E-state index contributed by atoms with van der Waals surface area (Å²) in [6.45, 7) is 25.6. The summed E-state index contributed by atoms with van der Waals surface area (Å²) in [7, 11) is -3.59. The zero-order valence-electron chi connectivity index (χ0n) is 15.6. The third-order valence-electron chi connectivity index (χ3n) is 5.83. The lowest BCUT2D eigenvalue weighted by molar-refractivity contribution is -0.141. The average Bonchev–Trinajstić information content (AvgIpc) is 2.12. The molecule has 0 saturated carbocycles. The molecule has 0 fully saturated rings. The van der Waals surface area contributed by atoms with Crippen LogP contribution in [0.25, 0.3) is 0 Å². The van der Waals surface area contributed by atoms with Gasteiger partial charge in [0, 0.05) is 5.16 Å². The first-order valence-corrected chi connectivity index (χ1v) is 13.9. The first-order valence-electron chi connectivity index (χ1n) is 7.77. The van der Waals surface area contributed by atoms with E-state index in [0.29, 0.717) is 6.61 Å². The van der Waals surface area contributed by atoms with Crippen molar-refractivity contribution in [2.24, 2.45) is 0 Å². The van der Waals surface area contributed by atoms with Gasteiger partial charge in [0.1, 0.15) is 0 Å². The summed E-state index contributed by atoms with van der Waals surface area (Å²) < 4.78 is 5.50. The molecule has 0 spiro atoms. The first-order chi connectivity index (χ1) is 8.60. The summed E-state index contributed by atoms with van der Waals surface area (Å²) in [4.78, 5) is 12.8. The summed E-state index contributed by atoms with van der Waals surface area (Å²) >= 11 is 0. The predicted octanol–water partition coefficient (Wildman–Crippen LogP) is 5.48. The minimum atomic E-state index is -1.79. The van der Waals surface area contributed by atoms with Gasteiger partial charge >= 0.3 is 5.97 Å². The van der Waals surface area contributed by atoms with Crippen LogP contribution in [-0.2, 0) is 9.53 Å². The molecule has 0 atom stereocenters. The second-order valence-corrected chi connectivity index (χ2v) is 20.7. The molecule has 0 aromatic carbocycles. The van der Waals surface area contributed by atoms with E-state index in [-0.39, 0.29) is 21.2 Å². The molecule has 0 aromatic heterocycles. The molecular weight excluding hydrogens is 280 g/mol. The Labute approximate surface area is 128 Å². The fourth-order valence-corrected chi connectivity index (χ4v) is 15.5. The predicted molar refractivity (Wildman–Crippen MR) is 94.8 cm³/mol. The van der Waals surface area contributed by atoms with Gasteiger partial charge < -0.3 is 4.74 Å². The van der Waals surface area contributed by atoms with Crippen molar-refractivity contribution in [3.63, 3.8) is 0 Å². The highest BCUT2D eigenvalue weighted by Crippen LogP contribution is 2.53. The van der Waals surface area contributed by atoms with E-state index < -0.39 is 16.1 Å². The van der Waals surface area contributed by atoms with Crippen molar-refractivity contribution in [3.05, 3.63) is 0 Å². The van der Waals surface area contributed by atoms with Crippen LogP contribution in [0.15, 0.2) is 0 Å². The zero-order chi connectivity index (χ0) is 16.6. The van der Waals surface area contributed by atoms with E-state index in [1.54, 1.807) is 0 Å². The van der Waals surface area contributed by atoms with Crippen molar-refractivity contribution in [2.45, 2.75) is 89.9 Å². The van der Waals surface area contributed by atoms with Crippen LogP contribution in [0, 0.1) is 0 Å². The molecule has 0 aliphatic rings. The van der Waals surface area contributed by atoms with E-state index in [0.717, 1.165) is 0 Å². The van der Waals surface area contributed by atoms with Crippen LogP contribution in [0.3, 0.4) is 0 Å². The molecule has 0 unspecified atom stereocenters. The maximum Gasteiger partial charge on any atom is 0.303 e. The van der Waals surface area contributed by atoms with Gasteiger partial charge in [-0.1, -0.05) is 67.7 Å². The maximum atomic E-state index is 12.8. The standard InChI is InChI=1S/C16H36O2Si2/c1-12-18-13(17)14(19(8,9)15(2,3)4)20(10,11)16(5,6)7/h14H,12H2,1-11H3. The lowest BCUT2D eigenvalue weighted by atomic mass is 10.2. The van der Waals surface area contributed by atoms with Crippen molar-refractivity contribution in [1.29, 1.82) is 0 Å². The highest BCUT2D eigenvalue weighted by atomic mass is 28.4. The number of esters is 1. The van der Waals surface area contributed by atoms with Crippen LogP contribution in [0.1, 0.15) is 48.5 Å². The lowest BCUT2D eigenvalue weighted by Crippen LogP contribution is -2.59. The van der Waals surface area contributed by atoms with E-state index in [9.17, 15) is 4.79 Å². The van der Waals surface area contributed by atoms with Crippen LogP contribution in [-0.4, -0.2) is 28.7 Å². The van der Waals surface area contributed by atoms with Crippen molar-refractivity contribution < 1.29 is 9.53 Å². The van der Waals surface area contributed by atoms with Crippen LogP contribution < -0.4 is 0 Å². The number of ether oxygens (including phenoxy) is 1. The van der Waals surface area contributed by atoms with Crippen molar-refractivity contribution in [1.82, 2.24) is 0 Å². The van der Waals surface area contributed by atoms with E-state index in [1.807, 2.05) is 6.92 Å². The minimum Gasteiger partial charge on any atom is -0.466 e. The van der Waals surface area contributed by atoms with Gasteiger partial charge in [0.2, 0.25) is 0 Å². The van der Waals surface area contributed by atoms with Gasteiger partial charge in [0.05, 0.1) is 22.8 Å². The van der Waals surface area contributed by atoms with E-state index in [2.05, 4.69) is 67.7 Å². The summed E-state index contributed by atoms with van der Waals surface area (Å²) in [5.41, 5.74) is 0. The van der Waals surface area contributed by atoms with Crippen LogP contribution in [0.4, 0.5) is 0 Å². The largest absolute Gasteiger partial charge is 0.466 e. The number of hydrogen-bond donors (Lipinski definition) is 0. The molecule has 0 bridgehead atoms. The normalized spacial score (nSPS) is 14.6. The van der Waals surface area contributed by atoms with E-state index >= 15 is 0 Å². The summed E-state index contributed by atoms with van der Waals surface area (Å²) in [5.74, 6) is 0.0608. The third-order valence-corrected chi connectivity index (χ3v) is 21.3. The Balaban J connectivity index is 5.95. The Morgan fingerprint density at radius 3 is 1.40 bits per heavy atom. The molecule has 0 amide bonds. The number of carbonyl (C=O) groups excluding carboxylic acids is 1. The Morgan fingerprint density at radius 1 is 0.900 bits per heavy atom. The first kappa shape index (κ1) is 19.9. The van der Waals surface area contributed by atoms with Crippen LogP contribution >= 0.6 is 0 Å². The molecule has 120 valence electrons. The highest BCUT2D eigenvalue weighted by Gasteiger charge is 2.57. The molecule has 0 radical (unpaired) electrons. The number of rotatable bonds is 4. The van der Waals surface area contributed by atoms with Crippen LogP contribution in [0.2, 0.25) is 41.4 Å². The molecule has 0 aliphatic heterocycles. The lowest BCUT2D eigenvalue weighted by Gasteiger charge is -2.52. The molecule has 4 heteroatoms. The zero-order valence-corrected chi connectivity index (χ0v) is 17.6. The molecule has 0 N–H and O–H groups in total. The smallest absolute Gasteiger partial charge is 0.303 e. The monoisotopic (exact) mass is 316 g/mol. The van der Waals surface area contributed by atoms with Gasteiger partial charge in [-0.05, 0) is 17.0 Å². The summed E-state index contributed by atoms with van der Waals surface area (Å²) in [6, 6.07) is 0. The third kappa shape index (κ3) is 3.76. The SMILES string of the molecule is CCOC(=O)C([Si](C)(C)C(C)(C)C)[Si](C)(C)C(C)(C)C. The Hall–Kier alpha value is -0.0962. The van der Waals surface area contributed by atoms with Crippen molar-refractivity contribution in [3.8, 4) is 0 Å². The van der Waals surface area contributed by atoms with Crippen molar-refractivity contribution in [2.75, 3.05) is 6.61 Å². The van der Waals surface area contributed by atoms with Gasteiger partial charge in [0.25, 0.3) is 0 Å². The molecule has 0 saturated heterocycles. The number of carbonyl (C=O) groups is 1. The van der Waals surface area contributed by atoms with Gasteiger partial charge in [-0.2, -0.15) is 0 Å². The van der Waals surface area contributed by atoms with Gasteiger partial charge in [-0.15, -0.1) is 0 Å². The summed E-state index contributed by atoms with van der Waals surface area (Å²) in [5, 5.41) is 0.523. The quantitative estimate of drug-likeness (QED) is 0.507. The van der Waals surface area contributed by atoms with E-state index in [1.165, 1.54) is 0 Å². The minimum absolute atomic E-state index is 0.0608. The fourth-order valence-electron chi connectivity index (χ4n) is 2.58. The van der Waals surface area contributed by atoms with Gasteiger partial charge in [-0.3, -0.25) is 4.79 Å². The topological polar surface area (TPSA) is 26.3 Å². The molecule has 0 rings (SSSR count). The van der Waals surface area contributed by atoms with Gasteiger partial charge in [-0.25, -0.2) is 0 Å². The average molecular weight is 317 g/mol. The molecule has 0 heterocycles. The maximum absolute atomic E-state index is 12.8. The van der Waals surface area contributed by atoms with E-state index in [4.69, 9.17) is 4.74 Å². The second-order valence-electron chi connectivity index (χ2n) is 9.13. The fraction of sp³-hybridized carbons (Fsp3) is 0.938. The Kier molecular flexibility index (Phi) is 5.92. The summed E-state index contributed by atoms with van der Waals surface area (Å²) in [6.07, 6.45) is 0. The highest BCUT2D eigenvalue weighted by molar-refractivity contribution is 7.03. The molecule has 0 aromatic rings. The molecular formula is C16H36O2Si2. The molecule has 2 nitrogen and oxygen atoms in total. The van der Waals surface area contributed by atoms with Gasteiger partial charge in [0.15, 0.2) is 0 Å². The van der Waals surface area contributed by atoms with Crippen molar-refractivity contribution >= 4 is 22.1 Å². The Bertz CT molecular complexity index is 320. The molecule has 20 heavy (non-hydrogen) atoms.